The van der Waals surface area contributed by atoms with Crippen molar-refractivity contribution in [2.24, 2.45) is 0 Å². The second kappa shape index (κ2) is 4.53. The van der Waals surface area contributed by atoms with Crippen molar-refractivity contribution in [2.75, 3.05) is 7.05 Å². The second-order valence-corrected chi connectivity index (χ2v) is 4.99. The maximum absolute atomic E-state index is 12.2. The Balaban J connectivity index is 2.11. The molecule has 4 heteroatoms. The first-order chi connectivity index (χ1) is 9.18. The molecule has 0 saturated carbocycles. The number of nitrogens with one attached hydrogen (secondary N) is 1. The molecule has 2 amide bonds. The summed E-state index contributed by atoms with van der Waals surface area (Å²) in [7, 11) is 1.73. The number of nitrogens with zero attached hydrogens (tertiary/aromatic N) is 1. The van der Waals surface area contributed by atoms with Crippen LogP contribution in [0.2, 0.25) is 0 Å². The van der Waals surface area contributed by atoms with Gasteiger partial charge in [-0.3, -0.25) is 4.79 Å². The summed E-state index contributed by atoms with van der Waals surface area (Å²) < 4.78 is 0. The minimum absolute atomic E-state index is 0.137. The fourth-order valence-corrected chi connectivity index (χ4v) is 2.83. The highest BCUT2D eigenvalue weighted by Crippen LogP contribution is 2.36. The van der Waals surface area contributed by atoms with Crippen molar-refractivity contribution >= 4 is 11.8 Å². The van der Waals surface area contributed by atoms with E-state index < -0.39 is 0 Å². The maximum atomic E-state index is 12.2. The molecule has 0 bridgehead atoms. The SMILES string of the molecule is CN1C(=O)NC(c2ccccc2)C2=C1CCCC2=O. The van der Waals surface area contributed by atoms with Crippen LogP contribution in [0.3, 0.4) is 0 Å². The standard InChI is InChI=1S/C15H16N2O2/c1-17-11-8-5-9-12(18)13(11)14(16-15(17)19)10-6-3-2-4-7-10/h2-4,6-7,14H,5,8-9H2,1H3,(H,16,19). The molecule has 1 aliphatic heterocycles. The Bertz CT molecular complexity index is 563. The van der Waals surface area contributed by atoms with Gasteiger partial charge in [0, 0.05) is 24.7 Å². The molecule has 4 nitrogen and oxygen atoms in total. The number of allylic oxidation sites excluding steroid dienone is 1. The summed E-state index contributed by atoms with van der Waals surface area (Å²) in [5, 5.41) is 2.92. The lowest BCUT2D eigenvalue weighted by Gasteiger charge is -2.37. The van der Waals surface area contributed by atoms with Gasteiger partial charge < -0.3 is 10.2 Å². The van der Waals surface area contributed by atoms with E-state index in [2.05, 4.69) is 5.32 Å². The van der Waals surface area contributed by atoms with Gasteiger partial charge in [-0.25, -0.2) is 4.79 Å². The molecule has 1 atom stereocenters. The van der Waals surface area contributed by atoms with Crippen LogP contribution in [0, 0.1) is 0 Å². The van der Waals surface area contributed by atoms with Crippen LogP contribution in [0.1, 0.15) is 30.9 Å². The Morgan fingerprint density at radius 1 is 1.16 bits per heavy atom. The molecule has 1 aromatic rings. The third kappa shape index (κ3) is 1.93. The largest absolute Gasteiger partial charge is 0.327 e. The van der Waals surface area contributed by atoms with E-state index in [1.807, 2.05) is 30.3 Å². The predicted octanol–water partition coefficient (Wildman–Crippen LogP) is 2.39. The third-order valence-electron chi connectivity index (χ3n) is 3.83. The summed E-state index contributed by atoms with van der Waals surface area (Å²) in [6, 6.07) is 9.24. The number of Topliss-reactive ketones (excluding diaryl/α,β-unsaturated/α-hetero) is 1. The third-order valence-corrected chi connectivity index (χ3v) is 3.83. The highest BCUT2D eigenvalue weighted by Gasteiger charge is 2.36. The van der Waals surface area contributed by atoms with Gasteiger partial charge in [-0.05, 0) is 18.4 Å². The zero-order valence-corrected chi connectivity index (χ0v) is 10.8. The first-order valence-corrected chi connectivity index (χ1v) is 6.54. The number of ketones is 1. The van der Waals surface area contributed by atoms with Crippen LogP contribution >= 0.6 is 0 Å². The van der Waals surface area contributed by atoms with Crippen molar-refractivity contribution in [3.63, 3.8) is 0 Å². The second-order valence-electron chi connectivity index (χ2n) is 4.99. The summed E-state index contributed by atoms with van der Waals surface area (Å²) in [5.41, 5.74) is 2.61. The Morgan fingerprint density at radius 2 is 1.89 bits per heavy atom. The van der Waals surface area contributed by atoms with E-state index in [-0.39, 0.29) is 17.9 Å². The highest BCUT2D eigenvalue weighted by atomic mass is 16.2. The van der Waals surface area contributed by atoms with Crippen molar-refractivity contribution in [1.29, 1.82) is 0 Å². The van der Waals surface area contributed by atoms with Crippen molar-refractivity contribution in [1.82, 2.24) is 10.2 Å². The molecule has 0 fully saturated rings. The molecule has 1 aromatic carbocycles. The predicted molar refractivity (Wildman–Crippen MR) is 71.4 cm³/mol. The summed E-state index contributed by atoms with van der Waals surface area (Å²) in [6.07, 6.45) is 2.21. The molecule has 0 spiro atoms. The van der Waals surface area contributed by atoms with E-state index in [9.17, 15) is 9.59 Å². The van der Waals surface area contributed by atoms with Gasteiger partial charge in [0.2, 0.25) is 0 Å². The van der Waals surface area contributed by atoms with Gasteiger partial charge in [-0.15, -0.1) is 0 Å². The number of hydrogen-bond acceptors (Lipinski definition) is 2. The van der Waals surface area contributed by atoms with E-state index in [0.717, 1.165) is 29.7 Å². The van der Waals surface area contributed by atoms with Gasteiger partial charge in [0.15, 0.2) is 5.78 Å². The monoisotopic (exact) mass is 256 g/mol. The molecule has 0 radical (unpaired) electrons. The van der Waals surface area contributed by atoms with E-state index in [1.54, 1.807) is 11.9 Å². The molecule has 1 aliphatic carbocycles. The minimum atomic E-state index is -0.298. The molecule has 98 valence electrons. The number of amides is 2. The Hall–Kier alpha value is -2.10. The zero-order valence-electron chi connectivity index (χ0n) is 10.8. The summed E-state index contributed by atoms with van der Waals surface area (Å²) in [4.78, 5) is 25.8. The lowest BCUT2D eigenvalue weighted by Crippen LogP contribution is -2.47. The number of benzene rings is 1. The van der Waals surface area contributed by atoms with Crippen molar-refractivity contribution in [3.05, 3.63) is 47.2 Å². The van der Waals surface area contributed by atoms with Crippen molar-refractivity contribution in [2.45, 2.75) is 25.3 Å². The topological polar surface area (TPSA) is 49.4 Å². The van der Waals surface area contributed by atoms with Crippen LogP contribution in [0.15, 0.2) is 41.6 Å². The summed E-state index contributed by atoms with van der Waals surface area (Å²) in [6.45, 7) is 0. The van der Waals surface area contributed by atoms with Gasteiger partial charge in [0.25, 0.3) is 0 Å². The maximum Gasteiger partial charge on any atom is 0.322 e. The van der Waals surface area contributed by atoms with Crippen LogP contribution in [0.4, 0.5) is 4.79 Å². The molecule has 3 rings (SSSR count). The smallest absolute Gasteiger partial charge is 0.322 e. The van der Waals surface area contributed by atoms with Crippen molar-refractivity contribution in [3.8, 4) is 0 Å². The Morgan fingerprint density at radius 3 is 2.63 bits per heavy atom. The number of carbonyl (C=O) groups is 2. The molecule has 1 unspecified atom stereocenters. The molecule has 1 heterocycles. The summed E-state index contributed by atoms with van der Waals surface area (Å²) in [5.74, 6) is 0.155. The average Bonchev–Trinajstić information content (AvgIpc) is 2.44. The van der Waals surface area contributed by atoms with Crippen LogP contribution in [-0.4, -0.2) is 23.8 Å². The van der Waals surface area contributed by atoms with E-state index in [1.165, 1.54) is 0 Å². The molecule has 0 saturated heterocycles. The van der Waals surface area contributed by atoms with Gasteiger partial charge in [-0.1, -0.05) is 30.3 Å². The molecular weight excluding hydrogens is 240 g/mol. The fraction of sp³-hybridized carbons (Fsp3) is 0.333. The molecule has 0 aromatic heterocycles. The van der Waals surface area contributed by atoms with Gasteiger partial charge in [0.05, 0.1) is 6.04 Å². The number of rotatable bonds is 1. The zero-order chi connectivity index (χ0) is 13.4. The van der Waals surface area contributed by atoms with Crippen LogP contribution in [-0.2, 0) is 4.79 Å². The number of hydrogen-bond donors (Lipinski definition) is 1. The van der Waals surface area contributed by atoms with E-state index in [4.69, 9.17) is 0 Å². The average molecular weight is 256 g/mol. The molecular formula is C15H16N2O2. The highest BCUT2D eigenvalue weighted by molar-refractivity contribution is 6.00. The van der Waals surface area contributed by atoms with Crippen molar-refractivity contribution < 1.29 is 9.59 Å². The fourth-order valence-electron chi connectivity index (χ4n) is 2.83. The first-order valence-electron chi connectivity index (χ1n) is 6.54. The van der Waals surface area contributed by atoms with Crippen LogP contribution in [0.5, 0.6) is 0 Å². The van der Waals surface area contributed by atoms with Gasteiger partial charge >= 0.3 is 6.03 Å². The minimum Gasteiger partial charge on any atom is -0.327 e. The van der Waals surface area contributed by atoms with Crippen LogP contribution in [0.25, 0.3) is 0 Å². The molecule has 1 N–H and O–H groups in total. The molecule has 2 aliphatic rings. The van der Waals surface area contributed by atoms with Crippen LogP contribution < -0.4 is 5.32 Å². The molecule has 19 heavy (non-hydrogen) atoms. The normalized spacial score (nSPS) is 23.2. The van der Waals surface area contributed by atoms with E-state index >= 15 is 0 Å². The lowest BCUT2D eigenvalue weighted by molar-refractivity contribution is -0.116. The van der Waals surface area contributed by atoms with Gasteiger partial charge in [-0.2, -0.15) is 0 Å². The van der Waals surface area contributed by atoms with Gasteiger partial charge in [0.1, 0.15) is 0 Å². The quantitative estimate of drug-likeness (QED) is 0.838. The number of urea groups is 1. The van der Waals surface area contributed by atoms with E-state index in [0.29, 0.717) is 6.42 Å². The Kier molecular flexibility index (Phi) is 2.85. The summed E-state index contributed by atoms with van der Waals surface area (Å²) >= 11 is 0. The lowest BCUT2D eigenvalue weighted by atomic mass is 9.85. The number of carbonyl (C=O) groups excluding carboxylic acids is 2. The first kappa shape index (κ1) is 12.0. The Labute approximate surface area is 112 Å².